The molecule has 2 rings (SSSR count). The first-order chi connectivity index (χ1) is 11.4. The van der Waals surface area contributed by atoms with E-state index in [0.29, 0.717) is 18.9 Å². The molecule has 0 aliphatic heterocycles. The molecule has 2 aromatic carbocycles. The topological polar surface area (TPSA) is 46.5 Å². The van der Waals surface area contributed by atoms with Crippen LogP contribution in [-0.2, 0) is 11.2 Å². The summed E-state index contributed by atoms with van der Waals surface area (Å²) < 4.78 is 5.68. The summed E-state index contributed by atoms with van der Waals surface area (Å²) in [5, 5.41) is 9.66. The second-order valence-electron chi connectivity index (χ2n) is 6.80. The Morgan fingerprint density at radius 1 is 1.08 bits per heavy atom. The van der Waals surface area contributed by atoms with Crippen LogP contribution < -0.4 is 4.74 Å². The zero-order valence-corrected chi connectivity index (χ0v) is 14.9. The van der Waals surface area contributed by atoms with Gasteiger partial charge in [-0.05, 0) is 55.0 Å². The molecule has 0 heterocycles. The highest BCUT2D eigenvalue weighted by molar-refractivity contribution is 5.77. The number of hydrogen-bond acceptors (Lipinski definition) is 2. The Bertz CT molecular complexity index is 687. The van der Waals surface area contributed by atoms with Gasteiger partial charge >= 0.3 is 5.97 Å². The van der Waals surface area contributed by atoms with Crippen LogP contribution in [0.5, 0.6) is 5.75 Å². The van der Waals surface area contributed by atoms with Crippen molar-refractivity contribution in [3.63, 3.8) is 0 Å². The van der Waals surface area contributed by atoms with Crippen LogP contribution in [-0.4, -0.2) is 17.7 Å². The van der Waals surface area contributed by atoms with E-state index in [9.17, 15) is 9.90 Å². The van der Waals surface area contributed by atoms with Crippen molar-refractivity contribution < 1.29 is 14.6 Å². The van der Waals surface area contributed by atoms with Crippen molar-refractivity contribution in [2.75, 3.05) is 6.61 Å². The summed E-state index contributed by atoms with van der Waals surface area (Å²) in [7, 11) is 0. The van der Waals surface area contributed by atoms with E-state index >= 15 is 0 Å². The average Bonchev–Trinajstić information content (AvgIpc) is 2.52. The molecular formula is C21H26O3. The number of carbonyl (C=O) groups is 1. The molecule has 0 aliphatic carbocycles. The maximum absolute atomic E-state index is 11.8. The van der Waals surface area contributed by atoms with Crippen molar-refractivity contribution in [2.24, 2.45) is 5.92 Å². The highest BCUT2D eigenvalue weighted by Gasteiger charge is 2.22. The second-order valence-corrected chi connectivity index (χ2v) is 6.80. The number of carboxylic acids is 1. The Labute approximate surface area is 144 Å². The van der Waals surface area contributed by atoms with Crippen molar-refractivity contribution in [3.8, 4) is 5.75 Å². The van der Waals surface area contributed by atoms with E-state index in [1.54, 1.807) is 0 Å². The summed E-state index contributed by atoms with van der Waals surface area (Å²) in [6.45, 7) is 8.88. The fourth-order valence-corrected chi connectivity index (χ4v) is 2.77. The van der Waals surface area contributed by atoms with Gasteiger partial charge in [-0.2, -0.15) is 0 Å². The van der Waals surface area contributed by atoms with Crippen LogP contribution in [0.2, 0.25) is 0 Å². The minimum Gasteiger partial charge on any atom is -0.493 e. The lowest BCUT2D eigenvalue weighted by molar-refractivity contribution is -0.138. The molecule has 24 heavy (non-hydrogen) atoms. The highest BCUT2D eigenvalue weighted by atomic mass is 16.5. The third-order valence-corrected chi connectivity index (χ3v) is 4.05. The molecule has 3 nitrogen and oxygen atoms in total. The minimum atomic E-state index is -0.790. The molecular weight excluding hydrogens is 300 g/mol. The van der Waals surface area contributed by atoms with Crippen molar-refractivity contribution in [1.29, 1.82) is 0 Å². The maximum atomic E-state index is 11.8. The number of aliphatic carboxylic acids is 1. The standard InChI is InChI=1S/C21H26O3/c1-14(2)13-24-18-8-6-17(7-9-18)12-20(21(22)23)19-10-5-15(3)11-16(19)4/h5-11,14,20H,12-13H2,1-4H3,(H,22,23). The maximum Gasteiger partial charge on any atom is 0.311 e. The SMILES string of the molecule is Cc1ccc(C(Cc2ccc(OCC(C)C)cc2)C(=O)O)c(C)c1. The summed E-state index contributed by atoms with van der Waals surface area (Å²) in [5.74, 6) is -0.0217. The van der Waals surface area contributed by atoms with Gasteiger partial charge in [-0.25, -0.2) is 0 Å². The smallest absolute Gasteiger partial charge is 0.311 e. The molecule has 0 radical (unpaired) electrons. The third-order valence-electron chi connectivity index (χ3n) is 4.05. The fraction of sp³-hybridized carbons (Fsp3) is 0.381. The van der Waals surface area contributed by atoms with Gasteiger partial charge < -0.3 is 9.84 Å². The van der Waals surface area contributed by atoms with Gasteiger partial charge in [0, 0.05) is 0 Å². The van der Waals surface area contributed by atoms with Crippen LogP contribution in [0.3, 0.4) is 0 Å². The van der Waals surface area contributed by atoms with E-state index in [1.165, 1.54) is 0 Å². The van der Waals surface area contributed by atoms with Crippen LogP contribution in [0.4, 0.5) is 0 Å². The predicted molar refractivity (Wildman–Crippen MR) is 96.8 cm³/mol. The number of carboxylic acid groups (broad SMARTS) is 1. The molecule has 3 heteroatoms. The molecule has 1 unspecified atom stereocenters. The van der Waals surface area contributed by atoms with E-state index in [1.807, 2.05) is 56.3 Å². The van der Waals surface area contributed by atoms with Crippen LogP contribution in [0.25, 0.3) is 0 Å². The van der Waals surface area contributed by atoms with Gasteiger partial charge in [0.25, 0.3) is 0 Å². The largest absolute Gasteiger partial charge is 0.493 e. The molecule has 0 spiro atoms. The first kappa shape index (κ1) is 18.1. The van der Waals surface area contributed by atoms with Gasteiger partial charge in [0.05, 0.1) is 12.5 Å². The predicted octanol–water partition coefficient (Wildman–Crippen LogP) is 4.75. The molecule has 128 valence electrons. The van der Waals surface area contributed by atoms with Gasteiger partial charge in [-0.3, -0.25) is 4.79 Å². The van der Waals surface area contributed by atoms with Crippen LogP contribution in [0.1, 0.15) is 42.0 Å². The van der Waals surface area contributed by atoms with Crippen molar-refractivity contribution in [3.05, 3.63) is 64.7 Å². The second kappa shape index (κ2) is 8.00. The number of benzene rings is 2. The summed E-state index contributed by atoms with van der Waals surface area (Å²) >= 11 is 0. The van der Waals surface area contributed by atoms with E-state index in [4.69, 9.17) is 4.74 Å². The molecule has 2 aromatic rings. The molecule has 0 saturated heterocycles. The number of rotatable bonds is 7. The van der Waals surface area contributed by atoms with Gasteiger partial charge in [-0.15, -0.1) is 0 Å². The first-order valence-electron chi connectivity index (χ1n) is 8.38. The Morgan fingerprint density at radius 2 is 1.75 bits per heavy atom. The van der Waals surface area contributed by atoms with Gasteiger partial charge in [0.15, 0.2) is 0 Å². The Kier molecular flexibility index (Phi) is 6.02. The molecule has 0 aliphatic rings. The zero-order chi connectivity index (χ0) is 17.7. The Hall–Kier alpha value is -2.29. The van der Waals surface area contributed by atoms with Gasteiger partial charge in [0.1, 0.15) is 5.75 Å². The number of aryl methyl sites for hydroxylation is 2. The van der Waals surface area contributed by atoms with Gasteiger partial charge in [-0.1, -0.05) is 49.7 Å². The van der Waals surface area contributed by atoms with Gasteiger partial charge in [0.2, 0.25) is 0 Å². The first-order valence-corrected chi connectivity index (χ1v) is 8.38. The summed E-state index contributed by atoms with van der Waals surface area (Å²) in [4.78, 5) is 11.8. The lowest BCUT2D eigenvalue weighted by Crippen LogP contribution is -2.15. The lowest BCUT2D eigenvalue weighted by Gasteiger charge is -2.16. The van der Waals surface area contributed by atoms with Crippen molar-refractivity contribution in [1.82, 2.24) is 0 Å². The molecule has 0 saturated carbocycles. The summed E-state index contributed by atoms with van der Waals surface area (Å²) in [6.07, 6.45) is 0.476. The van der Waals surface area contributed by atoms with E-state index in [2.05, 4.69) is 13.8 Å². The molecule has 0 amide bonds. The van der Waals surface area contributed by atoms with Crippen molar-refractivity contribution >= 4 is 5.97 Å². The Balaban J connectivity index is 2.15. The molecule has 1 atom stereocenters. The highest BCUT2D eigenvalue weighted by Crippen LogP contribution is 2.26. The molecule has 0 bridgehead atoms. The quantitative estimate of drug-likeness (QED) is 0.798. The fourth-order valence-electron chi connectivity index (χ4n) is 2.77. The molecule has 0 aromatic heterocycles. The van der Waals surface area contributed by atoms with E-state index < -0.39 is 11.9 Å². The van der Waals surface area contributed by atoms with E-state index in [-0.39, 0.29) is 0 Å². The van der Waals surface area contributed by atoms with Crippen LogP contribution >= 0.6 is 0 Å². The summed E-state index contributed by atoms with van der Waals surface area (Å²) in [5.41, 5.74) is 4.05. The average molecular weight is 326 g/mol. The lowest BCUT2D eigenvalue weighted by atomic mass is 9.88. The number of ether oxygens (including phenoxy) is 1. The zero-order valence-electron chi connectivity index (χ0n) is 14.9. The molecule has 1 N–H and O–H groups in total. The van der Waals surface area contributed by atoms with Crippen LogP contribution in [0, 0.1) is 19.8 Å². The Morgan fingerprint density at radius 3 is 2.29 bits per heavy atom. The third kappa shape index (κ3) is 4.85. The van der Waals surface area contributed by atoms with Crippen LogP contribution in [0.15, 0.2) is 42.5 Å². The number of hydrogen-bond donors (Lipinski definition) is 1. The summed E-state index contributed by atoms with van der Waals surface area (Å²) in [6, 6.07) is 13.7. The van der Waals surface area contributed by atoms with Crippen molar-refractivity contribution in [2.45, 2.75) is 40.0 Å². The molecule has 0 fully saturated rings. The van der Waals surface area contributed by atoms with E-state index in [0.717, 1.165) is 28.0 Å². The monoisotopic (exact) mass is 326 g/mol. The minimum absolute atomic E-state index is 0.476. The normalized spacial score (nSPS) is 12.2.